The molecule has 0 aliphatic rings. The van der Waals surface area contributed by atoms with Crippen LogP contribution in [-0.2, 0) is 0 Å². The van der Waals surface area contributed by atoms with Crippen LogP contribution in [0.3, 0.4) is 0 Å². The van der Waals surface area contributed by atoms with Crippen molar-refractivity contribution >= 4 is 12.2 Å². The van der Waals surface area contributed by atoms with E-state index in [9.17, 15) is 4.79 Å². The van der Waals surface area contributed by atoms with Gasteiger partial charge in [0.25, 0.3) is 0 Å². The summed E-state index contributed by atoms with van der Waals surface area (Å²) in [4.78, 5) is 18.8. The Morgan fingerprint density at radius 3 is 1.52 bits per heavy atom. The molecule has 4 heteroatoms. The molecule has 0 aliphatic heterocycles. The standard InChI is InChI=1S/C23H41N3O/c1-2-3-4-5-6-7-8-9-10-11-12-13-14-15-16-17-18-24-23-25-19-22(21-27)20-26-23/h19-21H,2-18H2,1H3,(H,24,25,26). The maximum Gasteiger partial charge on any atom is 0.222 e. The summed E-state index contributed by atoms with van der Waals surface area (Å²) in [5, 5.41) is 3.21. The molecular formula is C23H41N3O. The molecular weight excluding hydrogens is 334 g/mol. The Balaban J connectivity index is 1.76. The van der Waals surface area contributed by atoms with Gasteiger partial charge in [-0.25, -0.2) is 9.97 Å². The third kappa shape index (κ3) is 14.3. The van der Waals surface area contributed by atoms with Crippen molar-refractivity contribution in [1.82, 2.24) is 9.97 Å². The van der Waals surface area contributed by atoms with Gasteiger partial charge in [0.2, 0.25) is 5.95 Å². The second kappa shape index (κ2) is 17.9. The van der Waals surface area contributed by atoms with Crippen LogP contribution in [0.2, 0.25) is 0 Å². The minimum absolute atomic E-state index is 0.517. The molecule has 4 nitrogen and oxygen atoms in total. The van der Waals surface area contributed by atoms with Gasteiger partial charge >= 0.3 is 0 Å². The van der Waals surface area contributed by atoms with Gasteiger partial charge in [0.15, 0.2) is 6.29 Å². The molecule has 1 N–H and O–H groups in total. The Labute approximate surface area is 167 Å². The Kier molecular flexibility index (Phi) is 15.7. The summed E-state index contributed by atoms with van der Waals surface area (Å²) >= 11 is 0. The van der Waals surface area contributed by atoms with Crippen LogP contribution in [0.4, 0.5) is 5.95 Å². The quantitative estimate of drug-likeness (QED) is 0.210. The van der Waals surface area contributed by atoms with Gasteiger partial charge in [0, 0.05) is 18.9 Å². The van der Waals surface area contributed by atoms with E-state index in [4.69, 9.17) is 0 Å². The lowest BCUT2D eigenvalue weighted by Crippen LogP contribution is -2.05. The maximum atomic E-state index is 10.5. The SMILES string of the molecule is CCCCCCCCCCCCCCCCCCNc1ncc(C=O)cn1. The zero-order valence-corrected chi connectivity index (χ0v) is 17.6. The van der Waals surface area contributed by atoms with Gasteiger partial charge in [-0.15, -0.1) is 0 Å². The van der Waals surface area contributed by atoms with Gasteiger partial charge in [-0.1, -0.05) is 103 Å². The smallest absolute Gasteiger partial charge is 0.222 e. The number of anilines is 1. The highest BCUT2D eigenvalue weighted by molar-refractivity contribution is 5.73. The number of carbonyl (C=O) groups excluding carboxylic acids is 1. The molecule has 0 amide bonds. The number of rotatable bonds is 19. The van der Waals surface area contributed by atoms with Crippen LogP contribution in [0, 0.1) is 0 Å². The summed E-state index contributed by atoms with van der Waals surface area (Å²) < 4.78 is 0. The first kappa shape index (κ1) is 23.6. The summed E-state index contributed by atoms with van der Waals surface area (Å²) in [6.07, 6.45) is 26.1. The molecule has 154 valence electrons. The second-order valence-electron chi connectivity index (χ2n) is 7.69. The predicted molar refractivity (Wildman–Crippen MR) is 115 cm³/mol. The molecule has 1 aromatic rings. The summed E-state index contributed by atoms with van der Waals surface area (Å²) in [5.41, 5.74) is 0.517. The first-order chi connectivity index (χ1) is 13.4. The van der Waals surface area contributed by atoms with E-state index in [1.54, 1.807) is 12.4 Å². The van der Waals surface area contributed by atoms with Crippen LogP contribution in [0.15, 0.2) is 12.4 Å². The maximum absolute atomic E-state index is 10.5. The van der Waals surface area contributed by atoms with Gasteiger partial charge in [-0.3, -0.25) is 4.79 Å². The van der Waals surface area contributed by atoms with Crippen LogP contribution >= 0.6 is 0 Å². The largest absolute Gasteiger partial charge is 0.354 e. The Morgan fingerprint density at radius 1 is 0.704 bits per heavy atom. The van der Waals surface area contributed by atoms with E-state index in [1.807, 2.05) is 0 Å². The van der Waals surface area contributed by atoms with E-state index < -0.39 is 0 Å². The second-order valence-corrected chi connectivity index (χ2v) is 7.69. The van der Waals surface area contributed by atoms with Crippen molar-refractivity contribution in [1.29, 1.82) is 0 Å². The van der Waals surface area contributed by atoms with E-state index in [1.165, 1.54) is 96.3 Å². The van der Waals surface area contributed by atoms with E-state index in [0.29, 0.717) is 11.5 Å². The van der Waals surface area contributed by atoms with E-state index in [2.05, 4.69) is 22.2 Å². The molecule has 0 saturated heterocycles. The fourth-order valence-corrected chi connectivity index (χ4v) is 3.36. The van der Waals surface area contributed by atoms with Gasteiger partial charge in [-0.2, -0.15) is 0 Å². The summed E-state index contributed by atoms with van der Waals surface area (Å²) in [7, 11) is 0. The highest BCUT2D eigenvalue weighted by atomic mass is 16.1. The van der Waals surface area contributed by atoms with Gasteiger partial charge < -0.3 is 5.32 Å². The lowest BCUT2D eigenvalue weighted by Gasteiger charge is -2.05. The highest BCUT2D eigenvalue weighted by Crippen LogP contribution is 2.13. The zero-order chi connectivity index (χ0) is 19.4. The molecule has 0 spiro atoms. The fraction of sp³-hybridized carbons (Fsp3) is 0.783. The third-order valence-corrected chi connectivity index (χ3v) is 5.12. The molecule has 0 unspecified atom stereocenters. The first-order valence-electron chi connectivity index (χ1n) is 11.4. The molecule has 27 heavy (non-hydrogen) atoms. The fourth-order valence-electron chi connectivity index (χ4n) is 3.36. The molecule has 0 bridgehead atoms. The lowest BCUT2D eigenvalue weighted by molar-refractivity contribution is 0.112. The normalized spacial score (nSPS) is 10.9. The van der Waals surface area contributed by atoms with Crippen molar-refractivity contribution in [2.45, 2.75) is 110 Å². The van der Waals surface area contributed by atoms with E-state index >= 15 is 0 Å². The van der Waals surface area contributed by atoms with Crippen molar-refractivity contribution in [3.8, 4) is 0 Å². The average Bonchev–Trinajstić information content (AvgIpc) is 2.70. The number of aromatic nitrogens is 2. The van der Waals surface area contributed by atoms with E-state index in [0.717, 1.165) is 19.3 Å². The predicted octanol–water partition coefficient (Wildman–Crippen LogP) is 6.96. The van der Waals surface area contributed by atoms with Gasteiger partial charge in [-0.05, 0) is 6.42 Å². The van der Waals surface area contributed by atoms with Crippen molar-refractivity contribution in [2.24, 2.45) is 0 Å². The van der Waals surface area contributed by atoms with Gasteiger partial charge in [0.05, 0.1) is 5.56 Å². The van der Waals surface area contributed by atoms with Crippen LogP contribution in [0.1, 0.15) is 120 Å². The Hall–Kier alpha value is -1.45. The molecule has 0 fully saturated rings. The lowest BCUT2D eigenvalue weighted by atomic mass is 10.0. The van der Waals surface area contributed by atoms with Crippen LogP contribution in [-0.4, -0.2) is 22.8 Å². The third-order valence-electron chi connectivity index (χ3n) is 5.12. The molecule has 0 saturated carbocycles. The monoisotopic (exact) mass is 375 g/mol. The minimum Gasteiger partial charge on any atom is -0.354 e. The number of nitrogens with zero attached hydrogens (tertiary/aromatic N) is 2. The average molecular weight is 376 g/mol. The molecule has 1 rings (SSSR count). The van der Waals surface area contributed by atoms with E-state index in [-0.39, 0.29) is 0 Å². The summed E-state index contributed by atoms with van der Waals surface area (Å²) in [6, 6.07) is 0. The topological polar surface area (TPSA) is 54.9 Å². The number of aldehydes is 1. The number of nitrogens with one attached hydrogen (secondary N) is 1. The first-order valence-corrected chi connectivity index (χ1v) is 11.4. The minimum atomic E-state index is 0.517. The Bertz CT molecular complexity index is 447. The number of carbonyl (C=O) groups is 1. The summed E-state index contributed by atoms with van der Waals surface area (Å²) in [5.74, 6) is 0.613. The Morgan fingerprint density at radius 2 is 1.11 bits per heavy atom. The molecule has 0 atom stereocenters. The van der Waals surface area contributed by atoms with Crippen molar-refractivity contribution in [3.63, 3.8) is 0 Å². The van der Waals surface area contributed by atoms with Crippen LogP contribution in [0.5, 0.6) is 0 Å². The van der Waals surface area contributed by atoms with Crippen molar-refractivity contribution in [3.05, 3.63) is 18.0 Å². The molecule has 0 radical (unpaired) electrons. The van der Waals surface area contributed by atoms with Crippen LogP contribution < -0.4 is 5.32 Å². The zero-order valence-electron chi connectivity index (χ0n) is 17.6. The number of hydrogen-bond acceptors (Lipinski definition) is 4. The summed E-state index contributed by atoms with van der Waals surface area (Å²) in [6.45, 7) is 3.18. The molecule has 1 aromatic heterocycles. The molecule has 0 aromatic carbocycles. The number of unbranched alkanes of at least 4 members (excludes halogenated alkanes) is 15. The van der Waals surface area contributed by atoms with Gasteiger partial charge in [0.1, 0.15) is 0 Å². The number of hydrogen-bond donors (Lipinski definition) is 1. The molecule has 1 heterocycles. The van der Waals surface area contributed by atoms with Crippen molar-refractivity contribution in [2.75, 3.05) is 11.9 Å². The molecule has 0 aliphatic carbocycles. The van der Waals surface area contributed by atoms with Crippen LogP contribution in [0.25, 0.3) is 0 Å². The highest BCUT2D eigenvalue weighted by Gasteiger charge is 1.97. The van der Waals surface area contributed by atoms with Crippen molar-refractivity contribution < 1.29 is 4.79 Å².